The fourth-order valence-electron chi connectivity index (χ4n) is 3.42. The zero-order valence-electron chi connectivity index (χ0n) is 15.8. The Morgan fingerprint density at radius 3 is 2.65 bits per heavy atom. The van der Waals surface area contributed by atoms with Gasteiger partial charge in [0, 0.05) is 45.5 Å². The van der Waals surface area contributed by atoms with Crippen molar-refractivity contribution in [1.29, 1.82) is 0 Å². The maximum Gasteiger partial charge on any atom is 0.191 e. The summed E-state index contributed by atoms with van der Waals surface area (Å²) in [6, 6.07) is 8.54. The third-order valence-electron chi connectivity index (χ3n) is 4.94. The summed E-state index contributed by atoms with van der Waals surface area (Å²) < 4.78 is 11.3. The SMILES string of the molecule is CN=C(NCc1ccccc1N1CCOCC1)NCC1(C)CCCO1.I. The maximum atomic E-state index is 5.83. The van der Waals surface area contributed by atoms with Crippen molar-refractivity contribution in [3.63, 3.8) is 0 Å². The van der Waals surface area contributed by atoms with Crippen LogP contribution in [-0.4, -0.2) is 58.1 Å². The molecule has 0 saturated carbocycles. The molecule has 1 atom stereocenters. The second-order valence-corrected chi connectivity index (χ2v) is 6.91. The zero-order chi connectivity index (χ0) is 17.5. The van der Waals surface area contributed by atoms with Crippen LogP contribution in [0, 0.1) is 0 Å². The Morgan fingerprint density at radius 1 is 1.19 bits per heavy atom. The van der Waals surface area contributed by atoms with Gasteiger partial charge in [0.25, 0.3) is 0 Å². The van der Waals surface area contributed by atoms with Crippen molar-refractivity contribution >= 4 is 35.6 Å². The summed E-state index contributed by atoms with van der Waals surface area (Å²) in [4.78, 5) is 6.74. The molecule has 2 N–H and O–H groups in total. The van der Waals surface area contributed by atoms with Crippen molar-refractivity contribution < 1.29 is 9.47 Å². The molecule has 0 aliphatic carbocycles. The largest absolute Gasteiger partial charge is 0.378 e. The first kappa shape index (κ1) is 21.2. The molecule has 2 aliphatic rings. The molecule has 1 aromatic rings. The Labute approximate surface area is 173 Å². The first-order valence-corrected chi connectivity index (χ1v) is 9.19. The monoisotopic (exact) mass is 474 g/mol. The second-order valence-electron chi connectivity index (χ2n) is 6.91. The van der Waals surface area contributed by atoms with E-state index in [9.17, 15) is 0 Å². The molecule has 3 rings (SSSR count). The normalized spacial score (nSPS) is 23.5. The maximum absolute atomic E-state index is 5.83. The van der Waals surface area contributed by atoms with Gasteiger partial charge in [-0.3, -0.25) is 4.99 Å². The van der Waals surface area contributed by atoms with E-state index in [0.29, 0.717) is 0 Å². The van der Waals surface area contributed by atoms with Gasteiger partial charge < -0.3 is 25.0 Å². The van der Waals surface area contributed by atoms with Crippen LogP contribution in [0.1, 0.15) is 25.3 Å². The number of benzene rings is 1. The zero-order valence-corrected chi connectivity index (χ0v) is 18.1. The minimum atomic E-state index is -0.0800. The average Bonchev–Trinajstić information content (AvgIpc) is 3.10. The van der Waals surface area contributed by atoms with Crippen LogP contribution >= 0.6 is 24.0 Å². The highest BCUT2D eigenvalue weighted by atomic mass is 127. The Kier molecular flexibility index (Phi) is 8.43. The van der Waals surface area contributed by atoms with Crippen LogP contribution in [0.5, 0.6) is 0 Å². The number of guanidine groups is 1. The fraction of sp³-hybridized carbons (Fsp3) is 0.632. The number of nitrogens with one attached hydrogen (secondary N) is 2. The van der Waals surface area contributed by atoms with Crippen molar-refractivity contribution in [2.24, 2.45) is 4.99 Å². The Morgan fingerprint density at radius 2 is 1.96 bits per heavy atom. The number of nitrogens with zero attached hydrogens (tertiary/aromatic N) is 2. The summed E-state index contributed by atoms with van der Waals surface area (Å²) >= 11 is 0. The van der Waals surface area contributed by atoms with E-state index in [-0.39, 0.29) is 29.6 Å². The summed E-state index contributed by atoms with van der Waals surface area (Å²) in [7, 11) is 1.81. The molecule has 2 saturated heterocycles. The van der Waals surface area contributed by atoms with Gasteiger partial charge in [-0.25, -0.2) is 0 Å². The van der Waals surface area contributed by atoms with E-state index < -0.39 is 0 Å². The summed E-state index contributed by atoms with van der Waals surface area (Å²) in [5.41, 5.74) is 2.47. The van der Waals surface area contributed by atoms with E-state index in [2.05, 4.69) is 51.7 Å². The number of aliphatic imine (C=N–C) groups is 1. The summed E-state index contributed by atoms with van der Waals surface area (Å²) in [6.07, 6.45) is 2.23. The van der Waals surface area contributed by atoms with Gasteiger partial charge >= 0.3 is 0 Å². The molecule has 0 aromatic heterocycles. The number of anilines is 1. The van der Waals surface area contributed by atoms with Gasteiger partial charge in [0.2, 0.25) is 0 Å². The second kappa shape index (κ2) is 10.3. The lowest BCUT2D eigenvalue weighted by Crippen LogP contribution is -2.45. The number of halogens is 1. The van der Waals surface area contributed by atoms with Crippen LogP contribution in [0.4, 0.5) is 5.69 Å². The van der Waals surface area contributed by atoms with E-state index in [1.165, 1.54) is 11.3 Å². The van der Waals surface area contributed by atoms with Crippen molar-refractivity contribution in [3.05, 3.63) is 29.8 Å². The van der Waals surface area contributed by atoms with Gasteiger partial charge in [-0.15, -0.1) is 24.0 Å². The quantitative estimate of drug-likeness (QED) is 0.390. The third kappa shape index (κ3) is 5.72. The van der Waals surface area contributed by atoms with Crippen LogP contribution in [0.15, 0.2) is 29.3 Å². The van der Waals surface area contributed by atoms with Gasteiger partial charge in [0.15, 0.2) is 5.96 Å². The number of para-hydroxylation sites is 1. The molecule has 2 aliphatic heterocycles. The standard InChI is InChI=1S/C19H30N4O2.HI/c1-19(8-5-11-25-19)15-22-18(20-2)21-14-16-6-3-4-7-17(16)23-9-12-24-13-10-23;/h3-4,6-7H,5,8-15H2,1-2H3,(H2,20,21,22);1H. The van der Waals surface area contributed by atoms with Crippen LogP contribution in [0.2, 0.25) is 0 Å². The van der Waals surface area contributed by atoms with Gasteiger partial charge in [0.1, 0.15) is 0 Å². The van der Waals surface area contributed by atoms with E-state index in [0.717, 1.165) is 64.8 Å². The van der Waals surface area contributed by atoms with E-state index in [4.69, 9.17) is 9.47 Å². The van der Waals surface area contributed by atoms with Gasteiger partial charge in [0.05, 0.1) is 18.8 Å². The summed E-state index contributed by atoms with van der Waals surface area (Å²) in [5, 5.41) is 6.83. The number of rotatable bonds is 5. The van der Waals surface area contributed by atoms with Crippen LogP contribution in [-0.2, 0) is 16.0 Å². The van der Waals surface area contributed by atoms with Gasteiger partial charge in [-0.1, -0.05) is 18.2 Å². The highest BCUT2D eigenvalue weighted by Crippen LogP contribution is 2.24. The predicted octanol–water partition coefficient (Wildman–Crippen LogP) is 2.38. The highest BCUT2D eigenvalue weighted by Gasteiger charge is 2.29. The molecule has 6 nitrogen and oxygen atoms in total. The smallest absolute Gasteiger partial charge is 0.191 e. The van der Waals surface area contributed by atoms with Crippen molar-refractivity contribution in [2.45, 2.75) is 31.9 Å². The molecule has 26 heavy (non-hydrogen) atoms. The van der Waals surface area contributed by atoms with Crippen molar-refractivity contribution in [2.75, 3.05) is 51.4 Å². The Hall–Kier alpha value is -1.06. The molecular weight excluding hydrogens is 443 g/mol. The van der Waals surface area contributed by atoms with Crippen molar-refractivity contribution in [3.8, 4) is 0 Å². The molecule has 146 valence electrons. The average molecular weight is 474 g/mol. The molecule has 2 heterocycles. The molecule has 0 spiro atoms. The topological polar surface area (TPSA) is 58.1 Å². The Balaban J connectivity index is 0.00000243. The number of morpholine rings is 1. The first-order chi connectivity index (χ1) is 12.2. The van der Waals surface area contributed by atoms with Gasteiger partial charge in [-0.2, -0.15) is 0 Å². The lowest BCUT2D eigenvalue weighted by atomic mass is 10.0. The molecule has 1 aromatic carbocycles. The van der Waals surface area contributed by atoms with Crippen LogP contribution in [0.3, 0.4) is 0 Å². The molecular formula is C19H31IN4O2. The molecule has 0 amide bonds. The number of hydrogen-bond donors (Lipinski definition) is 2. The summed E-state index contributed by atoms with van der Waals surface area (Å²) in [5.74, 6) is 0.813. The summed E-state index contributed by atoms with van der Waals surface area (Å²) in [6.45, 7) is 8.01. The lowest BCUT2D eigenvalue weighted by molar-refractivity contribution is 0.0243. The van der Waals surface area contributed by atoms with E-state index in [1.54, 1.807) is 7.05 Å². The lowest BCUT2D eigenvalue weighted by Gasteiger charge is -2.31. The Bertz CT molecular complexity index is 585. The molecule has 7 heteroatoms. The minimum absolute atomic E-state index is 0. The molecule has 2 fully saturated rings. The first-order valence-electron chi connectivity index (χ1n) is 9.19. The number of ether oxygens (including phenoxy) is 2. The molecule has 0 bridgehead atoms. The van der Waals surface area contributed by atoms with Crippen LogP contribution in [0.25, 0.3) is 0 Å². The molecule has 1 unspecified atom stereocenters. The fourth-order valence-corrected chi connectivity index (χ4v) is 3.42. The highest BCUT2D eigenvalue weighted by molar-refractivity contribution is 14.0. The molecule has 0 radical (unpaired) electrons. The van der Waals surface area contributed by atoms with Crippen molar-refractivity contribution in [1.82, 2.24) is 10.6 Å². The third-order valence-corrected chi connectivity index (χ3v) is 4.94. The van der Waals surface area contributed by atoms with E-state index >= 15 is 0 Å². The van der Waals surface area contributed by atoms with E-state index in [1.807, 2.05) is 0 Å². The minimum Gasteiger partial charge on any atom is -0.378 e. The predicted molar refractivity (Wildman–Crippen MR) is 117 cm³/mol. The van der Waals surface area contributed by atoms with Crippen LogP contribution < -0.4 is 15.5 Å². The number of hydrogen-bond acceptors (Lipinski definition) is 4. The van der Waals surface area contributed by atoms with Gasteiger partial charge in [-0.05, 0) is 31.4 Å².